The molecule has 0 saturated heterocycles. The van der Waals surface area contributed by atoms with E-state index < -0.39 is 0 Å². The van der Waals surface area contributed by atoms with Crippen LogP contribution in [0.5, 0.6) is 5.88 Å². The number of para-hydroxylation sites is 1. The first kappa shape index (κ1) is 11.5. The summed E-state index contributed by atoms with van der Waals surface area (Å²) < 4.78 is 1.54. The van der Waals surface area contributed by atoms with Crippen molar-refractivity contribution in [1.29, 1.82) is 0 Å². The van der Waals surface area contributed by atoms with E-state index in [1.54, 1.807) is 6.07 Å². The third-order valence-corrected chi connectivity index (χ3v) is 3.01. The van der Waals surface area contributed by atoms with Gasteiger partial charge in [0.05, 0.1) is 11.4 Å². The van der Waals surface area contributed by atoms with E-state index in [1.807, 2.05) is 55.5 Å². The van der Waals surface area contributed by atoms with Crippen LogP contribution in [0.2, 0.25) is 0 Å². The molecule has 2 aromatic carbocycles. The van der Waals surface area contributed by atoms with Crippen LogP contribution in [0.15, 0.2) is 60.7 Å². The summed E-state index contributed by atoms with van der Waals surface area (Å²) >= 11 is 0. The van der Waals surface area contributed by atoms with E-state index in [0.29, 0.717) is 0 Å². The van der Waals surface area contributed by atoms with Crippen LogP contribution in [0.1, 0.15) is 5.56 Å². The lowest BCUT2D eigenvalue weighted by molar-refractivity contribution is 0.433. The van der Waals surface area contributed by atoms with Gasteiger partial charge >= 0.3 is 0 Å². The molecule has 0 aliphatic rings. The summed E-state index contributed by atoms with van der Waals surface area (Å²) in [5, 5.41) is 14.5. The Bertz CT molecular complexity index is 702. The Labute approximate surface area is 111 Å². The molecule has 3 heteroatoms. The molecule has 19 heavy (non-hydrogen) atoms. The average Bonchev–Trinajstić information content (AvgIpc) is 2.82. The molecule has 0 aliphatic heterocycles. The summed E-state index contributed by atoms with van der Waals surface area (Å²) in [6, 6.07) is 19.3. The maximum absolute atomic E-state index is 10.0. The summed E-state index contributed by atoms with van der Waals surface area (Å²) in [6.07, 6.45) is 0. The fraction of sp³-hybridized carbons (Fsp3) is 0.0625. The number of hydrogen-bond donors (Lipinski definition) is 1. The van der Waals surface area contributed by atoms with Gasteiger partial charge in [0.25, 0.3) is 0 Å². The molecule has 0 saturated carbocycles. The summed E-state index contributed by atoms with van der Waals surface area (Å²) in [5.41, 5.74) is 3.79. The van der Waals surface area contributed by atoms with Gasteiger partial charge < -0.3 is 5.11 Å². The smallest absolute Gasteiger partial charge is 0.214 e. The Morgan fingerprint density at radius 2 is 1.74 bits per heavy atom. The minimum absolute atomic E-state index is 0.141. The maximum atomic E-state index is 10.0. The molecular weight excluding hydrogens is 236 g/mol. The molecule has 1 aromatic heterocycles. The van der Waals surface area contributed by atoms with E-state index in [0.717, 1.165) is 16.9 Å². The fourth-order valence-corrected chi connectivity index (χ4v) is 2.08. The van der Waals surface area contributed by atoms with Gasteiger partial charge in [-0.05, 0) is 25.1 Å². The van der Waals surface area contributed by atoms with Crippen LogP contribution in [-0.2, 0) is 0 Å². The monoisotopic (exact) mass is 250 g/mol. The van der Waals surface area contributed by atoms with Crippen molar-refractivity contribution in [3.63, 3.8) is 0 Å². The van der Waals surface area contributed by atoms with Crippen molar-refractivity contribution in [3.05, 3.63) is 66.2 Å². The Morgan fingerprint density at radius 1 is 0.947 bits per heavy atom. The first-order valence-corrected chi connectivity index (χ1v) is 6.15. The molecule has 3 aromatic rings. The largest absolute Gasteiger partial charge is 0.493 e. The van der Waals surface area contributed by atoms with Gasteiger partial charge in [0.2, 0.25) is 5.88 Å². The molecule has 0 bridgehead atoms. The van der Waals surface area contributed by atoms with Crippen molar-refractivity contribution < 1.29 is 5.11 Å². The van der Waals surface area contributed by atoms with E-state index in [4.69, 9.17) is 0 Å². The Hall–Kier alpha value is -2.55. The van der Waals surface area contributed by atoms with Crippen LogP contribution in [0, 0.1) is 6.92 Å². The third kappa shape index (κ3) is 2.22. The van der Waals surface area contributed by atoms with Gasteiger partial charge in [-0.15, -0.1) is 0 Å². The number of aromatic hydroxyl groups is 1. The first-order chi connectivity index (χ1) is 9.24. The van der Waals surface area contributed by atoms with Crippen LogP contribution in [0.25, 0.3) is 16.9 Å². The third-order valence-electron chi connectivity index (χ3n) is 3.01. The number of benzene rings is 2. The SMILES string of the molecule is Cc1cccc(-c2cc(O)n(-c3ccccc3)n2)c1. The Kier molecular flexibility index (Phi) is 2.80. The second kappa shape index (κ2) is 4.61. The zero-order valence-corrected chi connectivity index (χ0v) is 10.6. The second-order valence-corrected chi connectivity index (χ2v) is 4.50. The molecule has 0 spiro atoms. The van der Waals surface area contributed by atoms with Crippen molar-refractivity contribution in [2.75, 3.05) is 0 Å². The van der Waals surface area contributed by atoms with Crippen LogP contribution >= 0.6 is 0 Å². The van der Waals surface area contributed by atoms with Crippen LogP contribution in [0.4, 0.5) is 0 Å². The van der Waals surface area contributed by atoms with E-state index in [9.17, 15) is 5.11 Å². The topological polar surface area (TPSA) is 38.0 Å². The van der Waals surface area contributed by atoms with Crippen molar-refractivity contribution in [2.24, 2.45) is 0 Å². The van der Waals surface area contributed by atoms with Gasteiger partial charge in [-0.2, -0.15) is 5.10 Å². The lowest BCUT2D eigenvalue weighted by Crippen LogP contribution is -1.95. The quantitative estimate of drug-likeness (QED) is 0.755. The van der Waals surface area contributed by atoms with E-state index in [2.05, 4.69) is 11.2 Å². The highest BCUT2D eigenvalue weighted by Gasteiger charge is 2.09. The van der Waals surface area contributed by atoms with Gasteiger partial charge in [0.1, 0.15) is 0 Å². The molecule has 3 nitrogen and oxygen atoms in total. The molecule has 0 atom stereocenters. The van der Waals surface area contributed by atoms with Gasteiger partial charge in [-0.1, -0.05) is 42.0 Å². The van der Waals surface area contributed by atoms with Crippen LogP contribution in [0.3, 0.4) is 0 Å². The normalized spacial score (nSPS) is 10.6. The maximum Gasteiger partial charge on any atom is 0.214 e. The highest BCUT2D eigenvalue weighted by Crippen LogP contribution is 2.25. The lowest BCUT2D eigenvalue weighted by atomic mass is 10.1. The number of hydrogen-bond acceptors (Lipinski definition) is 2. The fourth-order valence-electron chi connectivity index (χ4n) is 2.08. The molecule has 94 valence electrons. The number of rotatable bonds is 2. The van der Waals surface area contributed by atoms with Crippen LogP contribution in [-0.4, -0.2) is 14.9 Å². The summed E-state index contributed by atoms with van der Waals surface area (Å²) in [5.74, 6) is 0.141. The zero-order valence-electron chi connectivity index (χ0n) is 10.6. The number of aryl methyl sites for hydroxylation is 1. The van der Waals surface area contributed by atoms with Gasteiger partial charge in [0, 0.05) is 11.6 Å². The van der Waals surface area contributed by atoms with E-state index in [1.165, 1.54) is 10.2 Å². The summed E-state index contributed by atoms with van der Waals surface area (Å²) in [4.78, 5) is 0. The second-order valence-electron chi connectivity index (χ2n) is 4.50. The minimum atomic E-state index is 0.141. The average molecular weight is 250 g/mol. The highest BCUT2D eigenvalue weighted by atomic mass is 16.3. The molecule has 1 heterocycles. The van der Waals surface area contributed by atoms with Crippen molar-refractivity contribution in [2.45, 2.75) is 6.92 Å². The molecule has 0 unspecified atom stereocenters. The van der Waals surface area contributed by atoms with Crippen molar-refractivity contribution in [1.82, 2.24) is 9.78 Å². The molecule has 1 N–H and O–H groups in total. The predicted molar refractivity (Wildman–Crippen MR) is 75.4 cm³/mol. The molecule has 0 aliphatic carbocycles. The predicted octanol–water partition coefficient (Wildman–Crippen LogP) is 3.55. The number of aromatic nitrogens is 2. The Balaban J connectivity index is 2.07. The standard InChI is InChI=1S/C16H14N2O/c1-12-6-5-7-13(10-12)15-11-16(19)18(17-15)14-8-3-2-4-9-14/h2-11,19H,1H3. The first-order valence-electron chi connectivity index (χ1n) is 6.15. The minimum Gasteiger partial charge on any atom is -0.493 e. The molecule has 3 rings (SSSR count). The van der Waals surface area contributed by atoms with Crippen molar-refractivity contribution >= 4 is 0 Å². The molecule has 0 amide bonds. The van der Waals surface area contributed by atoms with Gasteiger partial charge in [-0.3, -0.25) is 0 Å². The van der Waals surface area contributed by atoms with Gasteiger partial charge in [0.15, 0.2) is 0 Å². The number of nitrogens with zero attached hydrogens (tertiary/aromatic N) is 2. The van der Waals surface area contributed by atoms with E-state index in [-0.39, 0.29) is 5.88 Å². The molecule has 0 radical (unpaired) electrons. The molecular formula is C16H14N2O. The summed E-state index contributed by atoms with van der Waals surface area (Å²) in [6.45, 7) is 2.04. The zero-order chi connectivity index (χ0) is 13.2. The Morgan fingerprint density at radius 3 is 2.47 bits per heavy atom. The highest BCUT2D eigenvalue weighted by molar-refractivity contribution is 5.61. The van der Waals surface area contributed by atoms with Crippen LogP contribution < -0.4 is 0 Å². The molecule has 0 fully saturated rings. The van der Waals surface area contributed by atoms with Crippen molar-refractivity contribution in [3.8, 4) is 22.8 Å². The van der Waals surface area contributed by atoms with E-state index >= 15 is 0 Å². The van der Waals surface area contributed by atoms with Gasteiger partial charge in [-0.25, -0.2) is 4.68 Å². The lowest BCUT2D eigenvalue weighted by Gasteiger charge is -2.02. The summed E-state index contributed by atoms with van der Waals surface area (Å²) in [7, 11) is 0.